The fourth-order valence-corrected chi connectivity index (χ4v) is 1.35. The second-order valence-electron chi connectivity index (χ2n) is 3.63. The van der Waals surface area contributed by atoms with E-state index in [1.807, 2.05) is 0 Å². The molecule has 0 aliphatic carbocycles. The summed E-state index contributed by atoms with van der Waals surface area (Å²) in [6.45, 7) is 5.35. The van der Waals surface area contributed by atoms with Crippen molar-refractivity contribution in [2.75, 3.05) is 12.0 Å². The molecule has 0 saturated carbocycles. The van der Waals surface area contributed by atoms with E-state index in [0.717, 1.165) is 12.2 Å². The first-order valence-corrected chi connectivity index (χ1v) is 5.38. The molecule has 2 N–H and O–H groups in total. The molecular weight excluding hydrogens is 172 g/mol. The normalized spacial score (nSPS) is 10.1. The van der Waals surface area contributed by atoms with Crippen LogP contribution in [-0.2, 0) is 0 Å². The number of unbranched alkanes of at least 4 members (excludes halogenated alkanes) is 2. The predicted molar refractivity (Wildman–Crippen MR) is 62.3 cm³/mol. The minimum absolute atomic E-state index is 1.03. The van der Waals surface area contributed by atoms with Crippen LogP contribution in [0.3, 0.4) is 0 Å². The van der Waals surface area contributed by atoms with Crippen molar-refractivity contribution in [1.82, 2.24) is 5.43 Å². The average Bonchev–Trinajstić information content (AvgIpc) is 2.18. The second kappa shape index (κ2) is 6.44. The molecule has 2 nitrogen and oxygen atoms in total. The third-order valence-electron chi connectivity index (χ3n) is 2.16. The molecule has 0 aliphatic rings. The standard InChI is InChI=1S/C12H20N2/c1-3-4-5-9-13-14-12-8-6-7-11(2)10-12/h6-8,10,13-14H,3-5,9H2,1-2H3. The lowest BCUT2D eigenvalue weighted by Crippen LogP contribution is -2.22. The Labute approximate surface area is 86.7 Å². The number of hydrogen-bond acceptors (Lipinski definition) is 2. The molecule has 2 heteroatoms. The van der Waals surface area contributed by atoms with Crippen LogP contribution < -0.4 is 10.9 Å². The van der Waals surface area contributed by atoms with Gasteiger partial charge in [-0.1, -0.05) is 31.9 Å². The highest BCUT2D eigenvalue weighted by Gasteiger charge is 1.90. The highest BCUT2D eigenvalue weighted by molar-refractivity contribution is 5.44. The molecule has 0 spiro atoms. The summed E-state index contributed by atoms with van der Waals surface area (Å²) in [7, 11) is 0. The van der Waals surface area contributed by atoms with Crippen LogP contribution in [0.2, 0.25) is 0 Å². The highest BCUT2D eigenvalue weighted by Crippen LogP contribution is 2.07. The third-order valence-corrected chi connectivity index (χ3v) is 2.16. The van der Waals surface area contributed by atoms with Gasteiger partial charge in [0, 0.05) is 12.2 Å². The summed E-state index contributed by atoms with van der Waals surface area (Å²) in [6.07, 6.45) is 3.80. The van der Waals surface area contributed by atoms with Gasteiger partial charge in [-0.15, -0.1) is 0 Å². The molecule has 0 aromatic heterocycles. The van der Waals surface area contributed by atoms with Gasteiger partial charge in [0.25, 0.3) is 0 Å². The van der Waals surface area contributed by atoms with Gasteiger partial charge in [0.2, 0.25) is 0 Å². The molecule has 0 heterocycles. The van der Waals surface area contributed by atoms with E-state index in [2.05, 4.69) is 49.0 Å². The fraction of sp³-hybridized carbons (Fsp3) is 0.500. The smallest absolute Gasteiger partial charge is 0.0490 e. The molecule has 1 aromatic carbocycles. The Morgan fingerprint density at radius 3 is 2.79 bits per heavy atom. The van der Waals surface area contributed by atoms with E-state index in [4.69, 9.17) is 0 Å². The van der Waals surface area contributed by atoms with E-state index in [-0.39, 0.29) is 0 Å². The Balaban J connectivity index is 2.18. The Bertz CT molecular complexity index is 258. The fourth-order valence-electron chi connectivity index (χ4n) is 1.35. The molecule has 0 fully saturated rings. The van der Waals surface area contributed by atoms with Crippen LogP contribution in [0.5, 0.6) is 0 Å². The Hall–Kier alpha value is -1.02. The summed E-state index contributed by atoms with van der Waals surface area (Å²) in [5.74, 6) is 0. The molecule has 0 atom stereocenters. The van der Waals surface area contributed by atoms with Crippen molar-refractivity contribution in [3.05, 3.63) is 29.8 Å². The van der Waals surface area contributed by atoms with Crippen LogP contribution >= 0.6 is 0 Å². The Morgan fingerprint density at radius 2 is 2.07 bits per heavy atom. The van der Waals surface area contributed by atoms with Crippen LogP contribution in [0, 0.1) is 6.92 Å². The summed E-state index contributed by atoms with van der Waals surface area (Å²) >= 11 is 0. The summed E-state index contributed by atoms with van der Waals surface area (Å²) in [5, 5.41) is 0. The number of benzene rings is 1. The van der Waals surface area contributed by atoms with E-state index < -0.39 is 0 Å². The summed E-state index contributed by atoms with van der Waals surface area (Å²) < 4.78 is 0. The topological polar surface area (TPSA) is 24.1 Å². The average molecular weight is 192 g/mol. The summed E-state index contributed by atoms with van der Waals surface area (Å²) in [6, 6.07) is 8.36. The van der Waals surface area contributed by atoms with Gasteiger partial charge in [0.1, 0.15) is 0 Å². The van der Waals surface area contributed by atoms with Gasteiger partial charge in [-0.3, -0.25) is 0 Å². The van der Waals surface area contributed by atoms with Gasteiger partial charge < -0.3 is 5.43 Å². The maximum Gasteiger partial charge on any atom is 0.0490 e. The second-order valence-corrected chi connectivity index (χ2v) is 3.63. The minimum Gasteiger partial charge on any atom is -0.322 e. The van der Waals surface area contributed by atoms with E-state index in [0.29, 0.717) is 0 Å². The molecule has 0 saturated heterocycles. The van der Waals surface area contributed by atoms with E-state index in [9.17, 15) is 0 Å². The largest absolute Gasteiger partial charge is 0.322 e. The van der Waals surface area contributed by atoms with Crippen molar-refractivity contribution in [2.24, 2.45) is 0 Å². The number of rotatable bonds is 6. The van der Waals surface area contributed by atoms with Crippen molar-refractivity contribution < 1.29 is 0 Å². The number of aryl methyl sites for hydroxylation is 1. The highest BCUT2D eigenvalue weighted by atomic mass is 15.3. The van der Waals surface area contributed by atoms with Gasteiger partial charge in [-0.25, -0.2) is 5.43 Å². The molecule has 1 rings (SSSR count). The predicted octanol–water partition coefficient (Wildman–Crippen LogP) is 3.10. The molecule has 0 amide bonds. The van der Waals surface area contributed by atoms with Crippen LogP contribution in [0.25, 0.3) is 0 Å². The monoisotopic (exact) mass is 192 g/mol. The van der Waals surface area contributed by atoms with Crippen LogP contribution in [0.15, 0.2) is 24.3 Å². The van der Waals surface area contributed by atoms with Gasteiger partial charge in [-0.05, 0) is 31.0 Å². The molecular formula is C12H20N2. The lowest BCUT2D eigenvalue weighted by Gasteiger charge is -2.08. The van der Waals surface area contributed by atoms with Gasteiger partial charge in [-0.2, -0.15) is 0 Å². The SMILES string of the molecule is CCCCCNNc1cccc(C)c1. The lowest BCUT2D eigenvalue weighted by atomic mass is 10.2. The number of hydrogen-bond donors (Lipinski definition) is 2. The van der Waals surface area contributed by atoms with Crippen molar-refractivity contribution in [3.8, 4) is 0 Å². The van der Waals surface area contributed by atoms with Gasteiger partial charge >= 0.3 is 0 Å². The quantitative estimate of drug-likeness (QED) is 0.534. The zero-order valence-electron chi connectivity index (χ0n) is 9.14. The first-order valence-electron chi connectivity index (χ1n) is 5.38. The lowest BCUT2D eigenvalue weighted by molar-refractivity contribution is 0.662. The minimum atomic E-state index is 1.03. The molecule has 0 unspecified atom stereocenters. The van der Waals surface area contributed by atoms with E-state index in [1.54, 1.807) is 0 Å². The number of nitrogens with one attached hydrogen (secondary N) is 2. The Kier molecular flexibility index (Phi) is 5.08. The zero-order valence-corrected chi connectivity index (χ0v) is 9.14. The first kappa shape index (κ1) is 11.1. The summed E-state index contributed by atoms with van der Waals surface area (Å²) in [4.78, 5) is 0. The third kappa shape index (κ3) is 4.28. The van der Waals surface area contributed by atoms with Crippen LogP contribution in [-0.4, -0.2) is 6.54 Å². The number of hydrazine groups is 1. The van der Waals surface area contributed by atoms with Gasteiger partial charge in [0.05, 0.1) is 0 Å². The zero-order chi connectivity index (χ0) is 10.2. The van der Waals surface area contributed by atoms with Gasteiger partial charge in [0.15, 0.2) is 0 Å². The van der Waals surface area contributed by atoms with Crippen molar-refractivity contribution in [1.29, 1.82) is 0 Å². The maximum absolute atomic E-state index is 3.21. The van der Waals surface area contributed by atoms with Crippen molar-refractivity contribution >= 4 is 5.69 Å². The molecule has 0 aliphatic heterocycles. The first-order chi connectivity index (χ1) is 6.83. The van der Waals surface area contributed by atoms with Crippen molar-refractivity contribution in [3.63, 3.8) is 0 Å². The number of anilines is 1. The van der Waals surface area contributed by atoms with Crippen LogP contribution in [0.4, 0.5) is 5.69 Å². The molecule has 1 aromatic rings. The van der Waals surface area contributed by atoms with Crippen molar-refractivity contribution in [2.45, 2.75) is 33.1 Å². The molecule has 0 radical (unpaired) electrons. The maximum atomic E-state index is 3.21. The van der Waals surface area contributed by atoms with Crippen LogP contribution in [0.1, 0.15) is 31.7 Å². The van der Waals surface area contributed by atoms with E-state index in [1.165, 1.54) is 24.8 Å². The summed E-state index contributed by atoms with van der Waals surface area (Å²) in [5.41, 5.74) is 8.83. The van der Waals surface area contributed by atoms with E-state index >= 15 is 0 Å². The molecule has 0 bridgehead atoms. The Morgan fingerprint density at radius 1 is 1.21 bits per heavy atom. The molecule has 78 valence electrons. The molecule has 14 heavy (non-hydrogen) atoms.